The van der Waals surface area contributed by atoms with Crippen molar-refractivity contribution in [1.82, 2.24) is 9.88 Å². The van der Waals surface area contributed by atoms with Gasteiger partial charge in [-0.2, -0.15) is 8.78 Å². The summed E-state index contributed by atoms with van der Waals surface area (Å²) < 4.78 is 26.9. The molecule has 8 heteroatoms. The van der Waals surface area contributed by atoms with E-state index in [4.69, 9.17) is 5.73 Å². The molecule has 1 aliphatic carbocycles. The highest BCUT2D eigenvalue weighted by atomic mass is 32.2. The fourth-order valence-corrected chi connectivity index (χ4v) is 6.64. The first-order chi connectivity index (χ1) is 18.0. The molecule has 2 N–H and O–H groups in total. The van der Waals surface area contributed by atoms with Crippen molar-refractivity contribution in [2.45, 2.75) is 96.2 Å². The van der Waals surface area contributed by atoms with Crippen LogP contribution in [0.15, 0.2) is 40.7 Å². The molecule has 1 amide bonds. The Labute approximate surface area is 234 Å². The maximum Gasteiger partial charge on any atom is 0.300 e. The van der Waals surface area contributed by atoms with Crippen molar-refractivity contribution >= 4 is 26.9 Å². The second kappa shape index (κ2) is 13.9. The molecule has 4 rings (SSSR count). The van der Waals surface area contributed by atoms with E-state index in [1.807, 2.05) is 23.6 Å². The predicted molar refractivity (Wildman–Crippen MR) is 159 cm³/mol. The van der Waals surface area contributed by atoms with Gasteiger partial charge in [0.1, 0.15) is 5.69 Å². The van der Waals surface area contributed by atoms with Gasteiger partial charge in [0, 0.05) is 30.2 Å². The molecule has 0 aromatic carbocycles. The number of thioether (sulfide) groups is 1. The number of hydrogen-bond donors (Lipinski definition) is 1. The van der Waals surface area contributed by atoms with Crippen LogP contribution in [0.3, 0.4) is 0 Å². The molecule has 0 bridgehead atoms. The average Bonchev–Trinajstić information content (AvgIpc) is 3.23. The van der Waals surface area contributed by atoms with Crippen LogP contribution < -0.4 is 5.73 Å². The molecule has 1 saturated heterocycles. The van der Waals surface area contributed by atoms with Crippen LogP contribution in [-0.4, -0.2) is 34.4 Å². The molecule has 38 heavy (non-hydrogen) atoms. The smallest absolute Gasteiger partial charge is 0.300 e. The van der Waals surface area contributed by atoms with E-state index in [1.165, 1.54) is 47.4 Å². The Morgan fingerprint density at radius 2 is 2.11 bits per heavy atom. The van der Waals surface area contributed by atoms with E-state index in [-0.39, 0.29) is 34.9 Å². The number of alkyl halides is 2. The average molecular weight is 566 g/mol. The zero-order valence-corrected chi connectivity index (χ0v) is 25.4. The molecule has 2 fully saturated rings. The Morgan fingerprint density at radius 3 is 2.68 bits per heavy atom. The molecule has 3 heterocycles. The highest BCUT2D eigenvalue weighted by molar-refractivity contribution is 8.04. The highest BCUT2D eigenvalue weighted by Crippen LogP contribution is 2.54. The summed E-state index contributed by atoms with van der Waals surface area (Å²) in [6, 6.07) is 4.70. The first-order valence-corrected chi connectivity index (χ1v) is 15.8. The molecule has 2 aliphatic heterocycles. The van der Waals surface area contributed by atoms with Crippen LogP contribution >= 0.6 is 21.0 Å². The van der Waals surface area contributed by atoms with Crippen molar-refractivity contribution in [1.29, 1.82) is 0 Å². The Hall–Kier alpha value is -1.30. The molecule has 5 unspecified atom stereocenters. The number of nitrogens with two attached hydrogens (primary N) is 1. The summed E-state index contributed by atoms with van der Waals surface area (Å²) in [7, 11) is 1.52. The molecule has 0 radical (unpaired) electrons. The molecule has 212 valence electrons. The van der Waals surface area contributed by atoms with Crippen LogP contribution in [0.2, 0.25) is 0 Å². The second-order valence-electron chi connectivity index (χ2n) is 11.2. The van der Waals surface area contributed by atoms with Crippen molar-refractivity contribution < 1.29 is 13.6 Å². The summed E-state index contributed by atoms with van der Waals surface area (Å²) in [5, 5.41) is 4.49. The fourth-order valence-electron chi connectivity index (χ4n) is 5.78. The molecule has 1 saturated carbocycles. The number of likely N-dealkylation sites (tertiary alicyclic amines) is 1. The number of carbonyl (C=O) groups excluding carboxylic acids is 1. The zero-order valence-electron chi connectivity index (χ0n) is 23.5. The lowest BCUT2D eigenvalue weighted by atomic mass is 9.99. The van der Waals surface area contributed by atoms with Crippen LogP contribution in [-0.2, 0) is 10.5 Å². The number of pyridine rings is 1. The first kappa shape index (κ1) is 31.2. The van der Waals surface area contributed by atoms with E-state index in [0.717, 1.165) is 25.2 Å². The van der Waals surface area contributed by atoms with Crippen LogP contribution in [0, 0.1) is 17.8 Å². The van der Waals surface area contributed by atoms with Gasteiger partial charge in [0.25, 0.3) is 5.66 Å². The Morgan fingerprint density at radius 1 is 1.34 bits per heavy atom. The largest absolute Gasteiger partial charge is 0.342 e. The van der Waals surface area contributed by atoms with Gasteiger partial charge in [-0.25, -0.2) is 0 Å². The first-order valence-electron chi connectivity index (χ1n) is 14.2. The second-order valence-corrected chi connectivity index (χ2v) is 12.7. The van der Waals surface area contributed by atoms with E-state index < -0.39 is 5.66 Å². The van der Waals surface area contributed by atoms with Crippen molar-refractivity contribution in [2.75, 3.05) is 13.1 Å². The summed E-state index contributed by atoms with van der Waals surface area (Å²) in [5.41, 5.74) is 4.98. The number of hydrogen-bond acceptors (Lipinski definition) is 4. The lowest BCUT2D eigenvalue weighted by Gasteiger charge is -2.18. The van der Waals surface area contributed by atoms with E-state index >= 15 is 0 Å². The van der Waals surface area contributed by atoms with Crippen molar-refractivity contribution in [3.8, 4) is 0 Å². The monoisotopic (exact) mass is 565 g/mol. The molecule has 1 aromatic heterocycles. The summed E-state index contributed by atoms with van der Waals surface area (Å²) in [4.78, 5) is 18.8. The maximum atomic E-state index is 13.5. The molecule has 3 aliphatic rings. The molecule has 4 nitrogen and oxygen atoms in total. The van der Waals surface area contributed by atoms with E-state index in [0.29, 0.717) is 18.8 Å². The van der Waals surface area contributed by atoms with Gasteiger partial charge in [-0.3, -0.25) is 9.78 Å². The third kappa shape index (κ3) is 7.88. The Bertz CT molecular complexity index is 998. The number of nitrogens with zero attached hydrogens (tertiary/aromatic N) is 2. The van der Waals surface area contributed by atoms with Crippen molar-refractivity contribution in [3.63, 3.8) is 0 Å². The Kier molecular flexibility index (Phi) is 11.4. The minimum atomic E-state index is -3.03. The van der Waals surface area contributed by atoms with Crippen molar-refractivity contribution in [2.24, 2.45) is 23.5 Å². The van der Waals surface area contributed by atoms with Gasteiger partial charge in [-0.05, 0) is 66.9 Å². The van der Waals surface area contributed by atoms with Gasteiger partial charge in [0.15, 0.2) is 0 Å². The third-order valence-electron chi connectivity index (χ3n) is 8.59. The maximum absolute atomic E-state index is 13.5. The SMILES string of the molecule is CCC(C)CCCC1=CSC=CC1.CCC1[C@@H](C(=O)N2CCC(c3cccc(C(F)(F)P)n3)C2)C1(N)CC. The summed E-state index contributed by atoms with van der Waals surface area (Å²) in [6.07, 6.45) is 11.3. The molecule has 0 spiro atoms. The lowest BCUT2D eigenvalue weighted by Crippen LogP contribution is -2.35. The van der Waals surface area contributed by atoms with Gasteiger partial charge in [-0.1, -0.05) is 73.9 Å². The molecular weight excluding hydrogens is 519 g/mol. The van der Waals surface area contributed by atoms with Gasteiger partial charge in [-0.15, -0.1) is 11.8 Å². The standard InChI is InChI=1S/C18H26F2N3OP.C12H20S/c1-3-12-15(17(12,21)4-2)16(24)23-9-8-11(10-23)13-6-5-7-14(22-13)18(19,20)25;1-3-11(2)6-4-7-12-8-5-9-13-10-12/h5-7,11-12,15H,3-4,8-10,21,25H2,1-2H3;5,9-11H,3-4,6-8H2,1-2H3/t11?,12?,15-,17?;/m0./s1. The normalized spacial score (nSPS) is 27.4. The van der Waals surface area contributed by atoms with Gasteiger partial charge < -0.3 is 10.6 Å². The number of amides is 1. The van der Waals surface area contributed by atoms with Crippen LogP contribution in [0.5, 0.6) is 0 Å². The Balaban J connectivity index is 0.000000260. The summed E-state index contributed by atoms with van der Waals surface area (Å²) >= 11 is 1.83. The van der Waals surface area contributed by atoms with E-state index in [9.17, 15) is 13.6 Å². The van der Waals surface area contributed by atoms with Crippen LogP contribution in [0.4, 0.5) is 8.78 Å². The number of rotatable bonds is 10. The number of halogens is 2. The third-order valence-corrected chi connectivity index (χ3v) is 9.71. The van der Waals surface area contributed by atoms with Gasteiger partial charge in [0.05, 0.1) is 5.92 Å². The topological polar surface area (TPSA) is 59.2 Å². The number of allylic oxidation sites excluding steroid dienone is 2. The van der Waals surface area contributed by atoms with Crippen LogP contribution in [0.1, 0.15) is 96.4 Å². The van der Waals surface area contributed by atoms with Gasteiger partial charge in [0.2, 0.25) is 5.91 Å². The van der Waals surface area contributed by atoms with E-state index in [1.54, 1.807) is 17.7 Å². The van der Waals surface area contributed by atoms with Crippen molar-refractivity contribution in [3.05, 3.63) is 52.1 Å². The fraction of sp³-hybridized carbons (Fsp3) is 0.667. The summed E-state index contributed by atoms with van der Waals surface area (Å²) in [6.45, 7) is 9.90. The highest BCUT2D eigenvalue weighted by Gasteiger charge is 2.64. The zero-order chi connectivity index (χ0) is 27.9. The quantitative estimate of drug-likeness (QED) is 0.294. The number of carbonyl (C=O) groups is 1. The molecule has 1 aromatic rings. The minimum Gasteiger partial charge on any atom is -0.342 e. The molecular formula is C30H46F2N3OPS. The summed E-state index contributed by atoms with van der Waals surface area (Å²) in [5.74, 6) is 1.18. The predicted octanol–water partition coefficient (Wildman–Crippen LogP) is 7.82. The number of aromatic nitrogens is 1. The minimum absolute atomic E-state index is 0.00359. The van der Waals surface area contributed by atoms with E-state index in [2.05, 4.69) is 42.6 Å². The van der Waals surface area contributed by atoms with Crippen LogP contribution in [0.25, 0.3) is 0 Å². The van der Waals surface area contributed by atoms with Gasteiger partial charge >= 0.3 is 0 Å². The lowest BCUT2D eigenvalue weighted by molar-refractivity contribution is -0.132. The molecule has 6 atom stereocenters.